The lowest BCUT2D eigenvalue weighted by molar-refractivity contribution is -0.136. The molecule has 0 aromatic rings. The monoisotopic (exact) mass is 213 g/mol. The van der Waals surface area contributed by atoms with Crippen LogP contribution in [-0.2, 0) is 4.79 Å². The average molecular weight is 213 g/mol. The van der Waals surface area contributed by atoms with Gasteiger partial charge in [0.25, 0.3) is 5.91 Å². The maximum atomic E-state index is 12.1. The number of nitrogens with zero attached hydrogens (tertiary/aromatic N) is 1. The molecule has 0 aromatic heterocycles. The van der Waals surface area contributed by atoms with Crippen LogP contribution in [0.2, 0.25) is 0 Å². The van der Waals surface area contributed by atoms with E-state index in [0.29, 0.717) is 0 Å². The molecular weight excluding hydrogens is 194 g/mol. The van der Waals surface area contributed by atoms with Crippen LogP contribution < -0.4 is 10.7 Å². The van der Waals surface area contributed by atoms with Crippen molar-refractivity contribution >= 4 is 11.9 Å². The highest BCUT2D eigenvalue weighted by molar-refractivity contribution is 6.06. The van der Waals surface area contributed by atoms with E-state index in [2.05, 4.69) is 10.7 Å². The number of hydrogen-bond donors (Lipinski definition) is 2. The van der Waals surface area contributed by atoms with Gasteiger partial charge in [0.1, 0.15) is 5.54 Å². The van der Waals surface area contributed by atoms with E-state index in [1.165, 1.54) is 0 Å². The normalized spacial score (nSPS) is 20.3. The third-order valence-corrected chi connectivity index (χ3v) is 3.12. The number of imide groups is 1. The summed E-state index contributed by atoms with van der Waals surface area (Å²) in [5.74, 6) is -0.0698. The summed E-state index contributed by atoms with van der Waals surface area (Å²) in [7, 11) is 1.56. The predicted molar refractivity (Wildman–Crippen MR) is 56.8 cm³/mol. The van der Waals surface area contributed by atoms with E-state index >= 15 is 0 Å². The molecule has 15 heavy (non-hydrogen) atoms. The zero-order valence-electron chi connectivity index (χ0n) is 9.92. The van der Waals surface area contributed by atoms with Gasteiger partial charge in [0, 0.05) is 7.05 Å². The standard InChI is InChI=1S/C10H19N3O2/c1-6(2)10(7(3)4)8(14)13(11-5)9(15)12-10/h6-7,11H,1-5H3,(H,12,15). The smallest absolute Gasteiger partial charge is 0.321 e. The number of nitrogens with one attached hydrogen (secondary N) is 2. The molecule has 0 radical (unpaired) electrons. The van der Waals surface area contributed by atoms with E-state index in [1.807, 2.05) is 27.7 Å². The maximum absolute atomic E-state index is 12.1. The SMILES string of the molecule is CNN1C(=O)NC(C(C)C)(C(C)C)C1=O. The lowest BCUT2D eigenvalue weighted by Crippen LogP contribution is -2.56. The van der Waals surface area contributed by atoms with Crippen molar-refractivity contribution in [2.24, 2.45) is 11.8 Å². The molecule has 86 valence electrons. The lowest BCUT2D eigenvalue weighted by Gasteiger charge is -2.34. The Morgan fingerprint density at radius 3 is 1.87 bits per heavy atom. The van der Waals surface area contributed by atoms with Gasteiger partial charge in [-0.15, -0.1) is 0 Å². The second-order valence-corrected chi connectivity index (χ2v) is 4.47. The molecule has 2 N–H and O–H groups in total. The third kappa shape index (κ3) is 1.51. The van der Waals surface area contributed by atoms with Crippen LogP contribution in [0.25, 0.3) is 0 Å². The van der Waals surface area contributed by atoms with Crippen LogP contribution in [-0.4, -0.2) is 29.5 Å². The number of carbonyl (C=O) groups is 2. The van der Waals surface area contributed by atoms with Crippen molar-refractivity contribution in [2.75, 3.05) is 7.05 Å². The molecule has 1 aliphatic heterocycles. The molecule has 0 spiro atoms. The van der Waals surface area contributed by atoms with E-state index in [4.69, 9.17) is 0 Å². The van der Waals surface area contributed by atoms with E-state index in [1.54, 1.807) is 7.05 Å². The summed E-state index contributed by atoms with van der Waals surface area (Å²) in [6, 6.07) is -0.370. The van der Waals surface area contributed by atoms with Gasteiger partial charge in [-0.2, -0.15) is 5.01 Å². The average Bonchev–Trinajstić information content (AvgIpc) is 2.38. The largest absolute Gasteiger partial charge is 0.339 e. The second kappa shape index (κ2) is 3.81. The summed E-state index contributed by atoms with van der Waals surface area (Å²) < 4.78 is 0. The van der Waals surface area contributed by atoms with Crippen molar-refractivity contribution in [3.8, 4) is 0 Å². The van der Waals surface area contributed by atoms with Crippen molar-refractivity contribution in [3.05, 3.63) is 0 Å². The van der Waals surface area contributed by atoms with E-state index in [0.717, 1.165) is 5.01 Å². The molecule has 0 atom stereocenters. The summed E-state index contributed by atoms with van der Waals surface area (Å²) in [6.07, 6.45) is 0. The van der Waals surface area contributed by atoms with Crippen molar-refractivity contribution < 1.29 is 9.59 Å². The Labute approximate surface area is 90.2 Å². The molecule has 0 unspecified atom stereocenters. The molecule has 3 amide bonds. The minimum atomic E-state index is -0.778. The van der Waals surface area contributed by atoms with Crippen LogP contribution in [0.3, 0.4) is 0 Å². The first-order chi connectivity index (χ1) is 6.87. The quantitative estimate of drug-likeness (QED) is 0.679. The highest BCUT2D eigenvalue weighted by Gasteiger charge is 2.54. The van der Waals surface area contributed by atoms with Gasteiger partial charge < -0.3 is 5.32 Å². The molecule has 0 aromatic carbocycles. The first-order valence-electron chi connectivity index (χ1n) is 5.22. The number of rotatable bonds is 3. The van der Waals surface area contributed by atoms with Crippen molar-refractivity contribution in [1.82, 2.24) is 15.8 Å². The number of amides is 3. The molecule has 1 aliphatic rings. The Hall–Kier alpha value is -1.10. The predicted octanol–water partition coefficient (Wildman–Crippen LogP) is 0.723. The zero-order chi connectivity index (χ0) is 11.8. The molecule has 0 saturated carbocycles. The summed E-state index contributed by atoms with van der Waals surface area (Å²) in [6.45, 7) is 7.77. The van der Waals surface area contributed by atoms with Crippen molar-refractivity contribution in [3.63, 3.8) is 0 Å². The summed E-state index contributed by atoms with van der Waals surface area (Å²) in [4.78, 5) is 23.7. The third-order valence-electron chi connectivity index (χ3n) is 3.12. The fourth-order valence-corrected chi connectivity index (χ4v) is 2.22. The molecule has 5 heteroatoms. The van der Waals surface area contributed by atoms with Crippen molar-refractivity contribution in [2.45, 2.75) is 33.2 Å². The molecule has 0 aliphatic carbocycles. The van der Waals surface area contributed by atoms with Gasteiger partial charge in [-0.25, -0.2) is 10.2 Å². The highest BCUT2D eigenvalue weighted by Crippen LogP contribution is 2.32. The minimum absolute atomic E-state index is 0.0623. The lowest BCUT2D eigenvalue weighted by atomic mass is 9.77. The zero-order valence-corrected chi connectivity index (χ0v) is 9.92. The Balaban J connectivity index is 3.13. The van der Waals surface area contributed by atoms with Crippen LogP contribution in [0.15, 0.2) is 0 Å². The minimum Gasteiger partial charge on any atom is -0.321 e. The van der Waals surface area contributed by atoms with E-state index < -0.39 is 5.54 Å². The number of hydrazine groups is 1. The number of hydrogen-bond acceptors (Lipinski definition) is 3. The van der Waals surface area contributed by atoms with Crippen LogP contribution in [0.5, 0.6) is 0 Å². The van der Waals surface area contributed by atoms with Crippen LogP contribution in [0.4, 0.5) is 4.79 Å². The topological polar surface area (TPSA) is 61.4 Å². The molecule has 1 fully saturated rings. The molecule has 0 bridgehead atoms. The van der Waals surface area contributed by atoms with Crippen molar-refractivity contribution in [1.29, 1.82) is 0 Å². The Morgan fingerprint density at radius 2 is 1.67 bits per heavy atom. The van der Waals surface area contributed by atoms with Gasteiger partial charge >= 0.3 is 6.03 Å². The Kier molecular flexibility index (Phi) is 3.04. The number of urea groups is 1. The molecule has 5 nitrogen and oxygen atoms in total. The van der Waals surface area contributed by atoms with E-state index in [9.17, 15) is 9.59 Å². The highest BCUT2D eigenvalue weighted by atomic mass is 16.2. The van der Waals surface area contributed by atoms with E-state index in [-0.39, 0.29) is 23.8 Å². The second-order valence-electron chi connectivity index (χ2n) is 4.47. The molecule has 1 saturated heterocycles. The maximum Gasteiger partial charge on any atom is 0.339 e. The molecule has 1 rings (SSSR count). The fourth-order valence-electron chi connectivity index (χ4n) is 2.22. The number of carbonyl (C=O) groups excluding carboxylic acids is 2. The van der Waals surface area contributed by atoms with Gasteiger partial charge in [-0.3, -0.25) is 4.79 Å². The van der Waals surface area contributed by atoms with Crippen LogP contribution in [0.1, 0.15) is 27.7 Å². The Morgan fingerprint density at radius 1 is 1.20 bits per heavy atom. The molecular formula is C10H19N3O2. The first-order valence-corrected chi connectivity index (χ1v) is 5.22. The van der Waals surface area contributed by atoms with Crippen LogP contribution in [0, 0.1) is 11.8 Å². The summed E-state index contributed by atoms with van der Waals surface area (Å²) >= 11 is 0. The van der Waals surface area contributed by atoms with Gasteiger partial charge in [-0.1, -0.05) is 27.7 Å². The van der Waals surface area contributed by atoms with Gasteiger partial charge in [0.2, 0.25) is 0 Å². The van der Waals surface area contributed by atoms with Crippen LogP contribution >= 0.6 is 0 Å². The summed E-state index contributed by atoms with van der Waals surface area (Å²) in [5, 5.41) is 3.83. The summed E-state index contributed by atoms with van der Waals surface area (Å²) in [5.41, 5.74) is 1.82. The van der Waals surface area contributed by atoms with Gasteiger partial charge in [0.15, 0.2) is 0 Å². The molecule has 1 heterocycles. The first kappa shape index (κ1) is 12.0. The fraction of sp³-hybridized carbons (Fsp3) is 0.800. The van der Waals surface area contributed by atoms with Gasteiger partial charge in [-0.05, 0) is 11.8 Å². The van der Waals surface area contributed by atoms with Gasteiger partial charge in [0.05, 0.1) is 0 Å². The Bertz CT molecular complexity index is 278.